The van der Waals surface area contributed by atoms with Crippen LogP contribution < -0.4 is 11.2 Å². The van der Waals surface area contributed by atoms with Gasteiger partial charge >= 0.3 is 5.69 Å². The van der Waals surface area contributed by atoms with Gasteiger partial charge in [-0.05, 0) is 18.9 Å². The molecule has 1 aromatic carbocycles. The molecule has 9 nitrogen and oxygen atoms in total. The number of halogens is 1. The van der Waals surface area contributed by atoms with E-state index in [1.165, 1.54) is 4.57 Å². The van der Waals surface area contributed by atoms with E-state index in [-0.39, 0.29) is 24.2 Å². The van der Waals surface area contributed by atoms with Crippen molar-refractivity contribution in [3.63, 3.8) is 0 Å². The first kappa shape index (κ1) is 22.3. The molecule has 0 fully saturated rings. The van der Waals surface area contributed by atoms with Crippen molar-refractivity contribution in [2.45, 2.75) is 58.5 Å². The Kier molecular flexibility index (Phi) is 6.19. The molecule has 0 unspecified atom stereocenters. The molecule has 1 aliphatic heterocycles. The summed E-state index contributed by atoms with van der Waals surface area (Å²) in [5.41, 5.74) is 1.60. The summed E-state index contributed by atoms with van der Waals surface area (Å²) in [7, 11) is 0. The van der Waals surface area contributed by atoms with E-state index in [0.717, 1.165) is 29.4 Å². The SMILES string of the molecule is CCCCn1c2c(c(=O)n(CCCc3nc(Cc4coc5ccccc45)no3)c1=O)CC(Cl)=N2. The minimum atomic E-state index is -0.356. The van der Waals surface area contributed by atoms with E-state index in [2.05, 4.69) is 15.1 Å². The Morgan fingerprint density at radius 3 is 2.79 bits per heavy atom. The molecule has 3 aromatic heterocycles. The van der Waals surface area contributed by atoms with Crippen molar-refractivity contribution in [3.8, 4) is 0 Å². The Hall–Kier alpha value is -3.46. The first-order valence-corrected chi connectivity index (χ1v) is 11.8. The van der Waals surface area contributed by atoms with Crippen LogP contribution in [-0.2, 0) is 32.4 Å². The van der Waals surface area contributed by atoms with Crippen LogP contribution in [0.15, 0.2) is 54.1 Å². The molecule has 34 heavy (non-hydrogen) atoms. The average Bonchev–Trinajstić information content (AvgIpc) is 3.55. The van der Waals surface area contributed by atoms with Crippen molar-refractivity contribution in [3.05, 3.63) is 74.2 Å². The first-order valence-electron chi connectivity index (χ1n) is 11.4. The van der Waals surface area contributed by atoms with E-state index in [9.17, 15) is 9.59 Å². The molecule has 0 atom stereocenters. The summed E-state index contributed by atoms with van der Waals surface area (Å²) in [4.78, 5) is 34.7. The van der Waals surface area contributed by atoms with E-state index in [1.54, 1.807) is 10.8 Å². The number of benzene rings is 1. The van der Waals surface area contributed by atoms with Gasteiger partial charge < -0.3 is 8.94 Å². The fourth-order valence-electron chi connectivity index (χ4n) is 4.23. The molecule has 4 aromatic rings. The molecule has 4 heterocycles. The maximum Gasteiger partial charge on any atom is 0.332 e. The first-order chi connectivity index (χ1) is 16.5. The number of furan rings is 1. The maximum atomic E-state index is 13.0. The monoisotopic (exact) mass is 481 g/mol. The van der Waals surface area contributed by atoms with Crippen molar-refractivity contribution in [1.29, 1.82) is 0 Å². The molecule has 0 saturated carbocycles. The van der Waals surface area contributed by atoms with Gasteiger partial charge in [-0.25, -0.2) is 9.79 Å². The van der Waals surface area contributed by atoms with Crippen LogP contribution in [0.2, 0.25) is 0 Å². The Balaban J connectivity index is 1.29. The zero-order chi connectivity index (χ0) is 23.7. The largest absolute Gasteiger partial charge is 0.464 e. The predicted molar refractivity (Wildman–Crippen MR) is 128 cm³/mol. The number of fused-ring (bicyclic) bond motifs is 2. The molecular weight excluding hydrogens is 458 g/mol. The van der Waals surface area contributed by atoms with Crippen LogP contribution >= 0.6 is 11.6 Å². The summed E-state index contributed by atoms with van der Waals surface area (Å²) in [6.07, 6.45) is 5.16. The number of para-hydroxylation sites is 1. The number of nitrogens with zero attached hydrogens (tertiary/aromatic N) is 5. The van der Waals surface area contributed by atoms with Gasteiger partial charge in [0, 0.05) is 43.3 Å². The number of hydrogen-bond acceptors (Lipinski definition) is 7. The second-order valence-corrected chi connectivity index (χ2v) is 8.79. The predicted octanol–water partition coefficient (Wildman–Crippen LogP) is 3.99. The molecular formula is C24H24ClN5O4. The third-order valence-corrected chi connectivity index (χ3v) is 6.19. The quantitative estimate of drug-likeness (QED) is 0.357. The summed E-state index contributed by atoms with van der Waals surface area (Å²) in [5, 5.41) is 5.42. The van der Waals surface area contributed by atoms with E-state index in [1.807, 2.05) is 31.2 Å². The van der Waals surface area contributed by atoms with E-state index >= 15 is 0 Å². The number of aryl methyl sites for hydroxylation is 1. The minimum absolute atomic E-state index is 0.249. The molecule has 0 radical (unpaired) electrons. The Morgan fingerprint density at radius 1 is 1.12 bits per heavy atom. The van der Waals surface area contributed by atoms with Gasteiger partial charge in [0.1, 0.15) is 16.6 Å². The second-order valence-electron chi connectivity index (χ2n) is 8.35. The lowest BCUT2D eigenvalue weighted by Gasteiger charge is -2.13. The van der Waals surface area contributed by atoms with Gasteiger partial charge in [0.25, 0.3) is 5.56 Å². The zero-order valence-corrected chi connectivity index (χ0v) is 19.5. The highest BCUT2D eigenvalue weighted by Gasteiger charge is 2.24. The molecule has 5 rings (SSSR count). The Labute approximate surface area is 199 Å². The van der Waals surface area contributed by atoms with E-state index in [4.69, 9.17) is 20.5 Å². The van der Waals surface area contributed by atoms with Crippen LogP contribution in [0, 0.1) is 0 Å². The second kappa shape index (κ2) is 9.42. The molecule has 176 valence electrons. The summed E-state index contributed by atoms with van der Waals surface area (Å²) in [6.45, 7) is 2.80. The van der Waals surface area contributed by atoms with Gasteiger partial charge in [-0.2, -0.15) is 4.98 Å². The molecule has 10 heteroatoms. The zero-order valence-electron chi connectivity index (χ0n) is 18.8. The lowest BCUT2D eigenvalue weighted by molar-refractivity contribution is 0.366. The van der Waals surface area contributed by atoms with Crippen LogP contribution in [0.25, 0.3) is 11.0 Å². The summed E-state index contributed by atoms with van der Waals surface area (Å²) in [6, 6.07) is 7.79. The molecule has 0 amide bonds. The highest BCUT2D eigenvalue weighted by atomic mass is 35.5. The van der Waals surface area contributed by atoms with Crippen LogP contribution in [-0.4, -0.2) is 24.4 Å². The Morgan fingerprint density at radius 2 is 1.94 bits per heavy atom. The van der Waals surface area contributed by atoms with Gasteiger partial charge in [-0.15, -0.1) is 0 Å². The van der Waals surface area contributed by atoms with Gasteiger partial charge in [0.15, 0.2) is 5.82 Å². The fraction of sp³-hybridized carbons (Fsp3) is 0.375. The summed E-state index contributed by atoms with van der Waals surface area (Å²) in [5.74, 6) is 1.43. The van der Waals surface area contributed by atoms with Crippen LogP contribution in [0.4, 0.5) is 5.82 Å². The molecule has 0 saturated heterocycles. The third kappa shape index (κ3) is 4.23. The molecule has 1 aliphatic rings. The number of aromatic nitrogens is 4. The summed E-state index contributed by atoms with van der Waals surface area (Å²) >= 11 is 6.08. The van der Waals surface area contributed by atoms with Crippen LogP contribution in [0.5, 0.6) is 0 Å². The van der Waals surface area contributed by atoms with Crippen LogP contribution in [0.3, 0.4) is 0 Å². The van der Waals surface area contributed by atoms with Crippen molar-refractivity contribution in [2.24, 2.45) is 4.99 Å². The number of unbranched alkanes of at least 4 members (excludes halogenated alkanes) is 1. The van der Waals surface area contributed by atoms with Gasteiger partial charge in [-0.1, -0.05) is 48.3 Å². The third-order valence-electron chi connectivity index (χ3n) is 5.97. The number of aliphatic imine (C=N–C) groups is 1. The Bertz CT molecular complexity index is 1490. The van der Waals surface area contributed by atoms with Crippen molar-refractivity contribution in [2.75, 3.05) is 0 Å². The molecule has 0 bridgehead atoms. The lowest BCUT2D eigenvalue weighted by atomic mass is 10.1. The van der Waals surface area contributed by atoms with Gasteiger partial charge in [-0.3, -0.25) is 13.9 Å². The smallest absolute Gasteiger partial charge is 0.332 e. The molecule has 0 N–H and O–H groups in total. The van der Waals surface area contributed by atoms with Gasteiger partial charge in [0.2, 0.25) is 5.89 Å². The normalized spacial score (nSPS) is 12.9. The number of rotatable bonds is 9. The standard InChI is InChI=1S/C24H24ClN5O4/c1-2-3-10-29-22-17(13-19(25)26-22)23(31)30(24(29)32)11-6-9-21-27-20(28-34-21)12-15-14-33-18-8-5-4-7-16(15)18/h4-5,7-8,14H,2-3,6,9-13H2,1H3. The van der Waals surface area contributed by atoms with Gasteiger partial charge in [0.05, 0.1) is 11.8 Å². The molecule has 0 aliphatic carbocycles. The highest BCUT2D eigenvalue weighted by molar-refractivity contribution is 6.66. The average molecular weight is 482 g/mol. The topological polar surface area (TPSA) is 108 Å². The highest BCUT2D eigenvalue weighted by Crippen LogP contribution is 2.24. The molecule has 0 spiro atoms. The van der Waals surface area contributed by atoms with E-state index in [0.29, 0.717) is 54.1 Å². The van der Waals surface area contributed by atoms with E-state index < -0.39 is 0 Å². The maximum absolute atomic E-state index is 13.0. The van der Waals surface area contributed by atoms with Crippen LogP contribution in [0.1, 0.15) is 49.0 Å². The van der Waals surface area contributed by atoms with Crippen molar-refractivity contribution in [1.82, 2.24) is 19.3 Å². The van der Waals surface area contributed by atoms with Crippen molar-refractivity contribution < 1.29 is 8.94 Å². The minimum Gasteiger partial charge on any atom is -0.464 e. The summed E-state index contributed by atoms with van der Waals surface area (Å²) < 4.78 is 13.8. The van der Waals surface area contributed by atoms with Crippen molar-refractivity contribution >= 4 is 33.6 Å². The fourth-order valence-corrected chi connectivity index (χ4v) is 4.45. The lowest BCUT2D eigenvalue weighted by Crippen LogP contribution is -2.41. The number of hydrogen-bond donors (Lipinski definition) is 0.